The molecule has 0 aliphatic heterocycles. The third kappa shape index (κ3) is 4.73. The molecule has 1 aliphatic carbocycles. The van der Waals surface area contributed by atoms with E-state index in [2.05, 4.69) is 0 Å². The van der Waals surface area contributed by atoms with Crippen molar-refractivity contribution in [3.8, 4) is 5.75 Å². The van der Waals surface area contributed by atoms with E-state index < -0.39 is 6.04 Å². The number of nitrogens with two attached hydrogens (primary N) is 1. The summed E-state index contributed by atoms with van der Waals surface area (Å²) >= 11 is 0. The molecule has 1 aromatic rings. The van der Waals surface area contributed by atoms with Gasteiger partial charge in [0.05, 0.1) is 0 Å². The Bertz CT molecular complexity index is 455. The SMILES string of the molecule is C[C@H](N)C(=O)O[C@H](C1CCCCC1)[C@H](C)Oc1ccccc1. The number of hydrogen-bond donors (Lipinski definition) is 1. The molecule has 0 radical (unpaired) electrons. The van der Waals surface area contributed by atoms with Crippen LogP contribution in [0.1, 0.15) is 46.0 Å². The average Bonchev–Trinajstić information content (AvgIpc) is 2.54. The van der Waals surface area contributed by atoms with Crippen molar-refractivity contribution in [2.45, 2.75) is 64.2 Å². The molecule has 0 spiro atoms. The van der Waals surface area contributed by atoms with Gasteiger partial charge in [-0.05, 0) is 44.7 Å². The lowest BCUT2D eigenvalue weighted by Gasteiger charge is -2.34. The van der Waals surface area contributed by atoms with Crippen molar-refractivity contribution in [3.05, 3.63) is 30.3 Å². The van der Waals surface area contributed by atoms with Gasteiger partial charge < -0.3 is 15.2 Å². The zero-order valence-corrected chi connectivity index (χ0v) is 13.5. The first-order valence-corrected chi connectivity index (χ1v) is 8.25. The first-order chi connectivity index (χ1) is 10.6. The summed E-state index contributed by atoms with van der Waals surface area (Å²) in [6.45, 7) is 3.63. The van der Waals surface area contributed by atoms with Crippen molar-refractivity contribution in [2.24, 2.45) is 11.7 Å². The second-order valence-electron chi connectivity index (χ2n) is 6.22. The molecule has 122 valence electrons. The third-order valence-corrected chi connectivity index (χ3v) is 4.27. The molecule has 2 N–H and O–H groups in total. The number of hydrogen-bond acceptors (Lipinski definition) is 4. The van der Waals surface area contributed by atoms with Crippen LogP contribution in [0, 0.1) is 5.92 Å². The van der Waals surface area contributed by atoms with Crippen LogP contribution in [0.15, 0.2) is 30.3 Å². The number of ether oxygens (including phenoxy) is 2. The Kier molecular flexibility index (Phi) is 6.25. The maximum absolute atomic E-state index is 11.9. The van der Waals surface area contributed by atoms with Crippen molar-refractivity contribution in [2.75, 3.05) is 0 Å². The molecule has 4 nitrogen and oxygen atoms in total. The molecule has 0 unspecified atom stereocenters. The lowest BCUT2D eigenvalue weighted by molar-refractivity contribution is -0.159. The van der Waals surface area contributed by atoms with Crippen molar-refractivity contribution in [3.63, 3.8) is 0 Å². The summed E-state index contributed by atoms with van der Waals surface area (Å²) in [6, 6.07) is 9.06. The van der Waals surface area contributed by atoms with Crippen LogP contribution in [0.2, 0.25) is 0 Å². The van der Waals surface area contributed by atoms with Gasteiger partial charge >= 0.3 is 5.97 Å². The van der Waals surface area contributed by atoms with Crippen molar-refractivity contribution in [1.29, 1.82) is 0 Å². The third-order valence-electron chi connectivity index (χ3n) is 4.27. The molecule has 0 aromatic heterocycles. The van der Waals surface area contributed by atoms with Crippen LogP contribution >= 0.6 is 0 Å². The number of esters is 1. The van der Waals surface area contributed by atoms with E-state index in [4.69, 9.17) is 15.2 Å². The maximum atomic E-state index is 11.9. The van der Waals surface area contributed by atoms with E-state index in [0.29, 0.717) is 5.92 Å². The van der Waals surface area contributed by atoms with E-state index in [-0.39, 0.29) is 18.2 Å². The minimum absolute atomic E-state index is 0.187. The van der Waals surface area contributed by atoms with Gasteiger partial charge in [-0.3, -0.25) is 4.79 Å². The molecule has 1 aliphatic rings. The highest BCUT2D eigenvalue weighted by Crippen LogP contribution is 2.31. The van der Waals surface area contributed by atoms with Crippen molar-refractivity contribution >= 4 is 5.97 Å². The number of rotatable bonds is 6. The van der Waals surface area contributed by atoms with Gasteiger partial charge in [0.2, 0.25) is 0 Å². The van der Waals surface area contributed by atoms with Gasteiger partial charge in [0.1, 0.15) is 24.0 Å². The van der Waals surface area contributed by atoms with E-state index in [1.54, 1.807) is 6.92 Å². The Balaban J connectivity index is 2.06. The van der Waals surface area contributed by atoms with Gasteiger partial charge in [-0.1, -0.05) is 37.5 Å². The van der Waals surface area contributed by atoms with Crippen LogP contribution in [-0.2, 0) is 9.53 Å². The van der Waals surface area contributed by atoms with E-state index in [1.807, 2.05) is 37.3 Å². The highest BCUT2D eigenvalue weighted by Gasteiger charge is 2.33. The smallest absolute Gasteiger partial charge is 0.323 e. The molecule has 1 aromatic carbocycles. The fraction of sp³-hybridized carbons (Fsp3) is 0.611. The van der Waals surface area contributed by atoms with Crippen LogP contribution in [0.4, 0.5) is 0 Å². The van der Waals surface area contributed by atoms with Crippen LogP contribution in [0.3, 0.4) is 0 Å². The quantitative estimate of drug-likeness (QED) is 0.819. The second kappa shape index (κ2) is 8.18. The fourth-order valence-electron chi connectivity index (χ4n) is 3.06. The molecule has 1 saturated carbocycles. The Labute approximate surface area is 133 Å². The lowest BCUT2D eigenvalue weighted by atomic mass is 9.83. The molecule has 1 fully saturated rings. The molecule has 0 saturated heterocycles. The van der Waals surface area contributed by atoms with Gasteiger partial charge in [0.25, 0.3) is 0 Å². The molecule has 0 bridgehead atoms. The Hall–Kier alpha value is -1.55. The van der Waals surface area contributed by atoms with Crippen LogP contribution in [0.25, 0.3) is 0 Å². The Morgan fingerprint density at radius 2 is 1.77 bits per heavy atom. The summed E-state index contributed by atoms with van der Waals surface area (Å²) in [5.74, 6) is 0.807. The van der Waals surface area contributed by atoms with Crippen LogP contribution in [-0.4, -0.2) is 24.2 Å². The standard InChI is InChI=1S/C18H27NO3/c1-13(19)18(20)22-17(15-9-5-3-6-10-15)14(2)21-16-11-7-4-8-12-16/h4,7-8,11-15,17H,3,5-6,9-10,19H2,1-2H3/t13-,14-,17-/m0/s1. The topological polar surface area (TPSA) is 61.6 Å². The van der Waals surface area contributed by atoms with Gasteiger partial charge in [-0.25, -0.2) is 0 Å². The fourth-order valence-corrected chi connectivity index (χ4v) is 3.06. The minimum atomic E-state index is -0.602. The summed E-state index contributed by atoms with van der Waals surface area (Å²) in [6.07, 6.45) is 5.38. The second-order valence-corrected chi connectivity index (χ2v) is 6.22. The monoisotopic (exact) mass is 305 g/mol. The van der Waals surface area contributed by atoms with Crippen LogP contribution < -0.4 is 10.5 Å². The van der Waals surface area contributed by atoms with E-state index in [0.717, 1.165) is 18.6 Å². The first kappa shape index (κ1) is 16.8. The normalized spacial score (nSPS) is 20.0. The zero-order chi connectivity index (χ0) is 15.9. The van der Waals surface area contributed by atoms with Gasteiger partial charge in [0.15, 0.2) is 0 Å². The molecule has 3 atom stereocenters. The molecule has 2 rings (SSSR count). The zero-order valence-electron chi connectivity index (χ0n) is 13.5. The average molecular weight is 305 g/mol. The number of benzene rings is 1. The lowest BCUT2D eigenvalue weighted by Crippen LogP contribution is -2.43. The summed E-state index contributed by atoms with van der Waals surface area (Å²) < 4.78 is 11.7. The number of carbonyl (C=O) groups is 1. The van der Waals surface area contributed by atoms with Gasteiger partial charge in [0, 0.05) is 0 Å². The maximum Gasteiger partial charge on any atom is 0.323 e. The molecule has 22 heavy (non-hydrogen) atoms. The largest absolute Gasteiger partial charge is 0.487 e. The summed E-state index contributed by atoms with van der Waals surface area (Å²) in [5.41, 5.74) is 5.65. The molecular weight excluding hydrogens is 278 g/mol. The molecule has 0 heterocycles. The Morgan fingerprint density at radius 1 is 1.14 bits per heavy atom. The molecule has 4 heteroatoms. The van der Waals surface area contributed by atoms with E-state index >= 15 is 0 Å². The van der Waals surface area contributed by atoms with Gasteiger partial charge in [-0.2, -0.15) is 0 Å². The predicted octanol–water partition coefficient (Wildman–Crippen LogP) is 3.29. The van der Waals surface area contributed by atoms with Crippen molar-refractivity contribution in [1.82, 2.24) is 0 Å². The van der Waals surface area contributed by atoms with E-state index in [9.17, 15) is 4.79 Å². The minimum Gasteiger partial charge on any atom is -0.487 e. The highest BCUT2D eigenvalue weighted by atomic mass is 16.6. The molecular formula is C18H27NO3. The predicted molar refractivity (Wildman–Crippen MR) is 86.6 cm³/mol. The van der Waals surface area contributed by atoms with Gasteiger partial charge in [-0.15, -0.1) is 0 Å². The van der Waals surface area contributed by atoms with Crippen molar-refractivity contribution < 1.29 is 14.3 Å². The number of para-hydroxylation sites is 1. The first-order valence-electron chi connectivity index (χ1n) is 8.25. The highest BCUT2D eigenvalue weighted by molar-refractivity contribution is 5.75. The summed E-state index contributed by atoms with van der Waals surface area (Å²) in [4.78, 5) is 11.9. The van der Waals surface area contributed by atoms with E-state index in [1.165, 1.54) is 19.3 Å². The van der Waals surface area contributed by atoms with Crippen LogP contribution in [0.5, 0.6) is 5.75 Å². The number of carbonyl (C=O) groups excluding carboxylic acids is 1. The summed E-state index contributed by atoms with van der Waals surface area (Å²) in [7, 11) is 0. The Morgan fingerprint density at radius 3 is 2.36 bits per heavy atom. The molecule has 0 amide bonds. The summed E-state index contributed by atoms with van der Waals surface area (Å²) in [5, 5.41) is 0.